The Kier molecular flexibility index (Phi) is 2.71. The third-order valence-electron chi connectivity index (χ3n) is 4.26. The lowest BCUT2D eigenvalue weighted by molar-refractivity contribution is -0.120. The summed E-state index contributed by atoms with van der Waals surface area (Å²) in [6.07, 6.45) is 5.73. The highest BCUT2D eigenvalue weighted by Gasteiger charge is 2.56. The summed E-state index contributed by atoms with van der Waals surface area (Å²) in [5, 5.41) is 3.37. The number of rotatable bonds is 3. The smallest absolute Gasteiger partial charge is 0.142 e. The van der Waals surface area contributed by atoms with Crippen LogP contribution < -0.4 is 5.32 Å². The van der Waals surface area contributed by atoms with E-state index in [0.29, 0.717) is 23.5 Å². The van der Waals surface area contributed by atoms with E-state index in [1.165, 1.54) is 12.8 Å². The first-order valence-electron chi connectivity index (χ1n) is 6.44. The van der Waals surface area contributed by atoms with Crippen molar-refractivity contribution in [2.45, 2.75) is 25.7 Å². The Morgan fingerprint density at radius 3 is 2.94 bits per heavy atom. The lowest BCUT2D eigenvalue weighted by atomic mass is 9.90. The maximum Gasteiger partial charge on any atom is 0.142 e. The van der Waals surface area contributed by atoms with Gasteiger partial charge in [0.1, 0.15) is 5.78 Å². The molecule has 1 aliphatic carbocycles. The number of carbonyl (C=O) groups excluding carboxylic acids is 1. The van der Waals surface area contributed by atoms with E-state index in [1.807, 2.05) is 18.2 Å². The summed E-state index contributed by atoms with van der Waals surface area (Å²) < 4.78 is 0. The molecule has 1 unspecified atom stereocenters. The molecule has 3 nitrogen and oxygen atoms in total. The zero-order chi connectivity index (χ0) is 11.7. The molecule has 1 saturated carbocycles. The van der Waals surface area contributed by atoms with E-state index in [0.717, 1.165) is 25.2 Å². The van der Waals surface area contributed by atoms with Crippen LogP contribution in [0.25, 0.3) is 0 Å². The fourth-order valence-corrected chi connectivity index (χ4v) is 3.08. The Labute approximate surface area is 102 Å². The Morgan fingerprint density at radius 2 is 2.24 bits per heavy atom. The van der Waals surface area contributed by atoms with Gasteiger partial charge in [-0.25, -0.2) is 0 Å². The summed E-state index contributed by atoms with van der Waals surface area (Å²) in [6.45, 7) is 2.15. The molecule has 2 aliphatic rings. The maximum absolute atomic E-state index is 12.2. The van der Waals surface area contributed by atoms with Gasteiger partial charge in [0.2, 0.25) is 0 Å². The highest BCUT2D eigenvalue weighted by atomic mass is 16.1. The molecular formula is C14H18N2O. The van der Waals surface area contributed by atoms with E-state index in [9.17, 15) is 4.79 Å². The van der Waals surface area contributed by atoms with Crippen molar-refractivity contribution in [3.05, 3.63) is 30.1 Å². The Bertz CT molecular complexity index is 409. The molecule has 0 aromatic carbocycles. The first kappa shape index (κ1) is 10.9. The molecular weight excluding hydrogens is 212 g/mol. The molecule has 1 N–H and O–H groups in total. The van der Waals surface area contributed by atoms with Gasteiger partial charge in [0.05, 0.1) is 0 Å². The minimum atomic E-state index is 0.312. The standard InChI is InChI=1S/C14H18N2O/c17-13(9-11-3-1-2-6-16-11)12-10-14(12)4-7-15-8-5-14/h1-3,6,12,15H,4-5,7-10H2. The summed E-state index contributed by atoms with van der Waals surface area (Å²) >= 11 is 0. The number of Topliss-reactive ketones (excluding diaryl/α,β-unsaturated/α-hetero) is 1. The average molecular weight is 230 g/mol. The van der Waals surface area contributed by atoms with Gasteiger partial charge in [-0.3, -0.25) is 9.78 Å². The van der Waals surface area contributed by atoms with E-state index < -0.39 is 0 Å². The number of hydrogen-bond donors (Lipinski definition) is 1. The third kappa shape index (κ3) is 2.12. The van der Waals surface area contributed by atoms with Crippen LogP contribution in [0.4, 0.5) is 0 Å². The molecule has 3 rings (SSSR count). The molecule has 1 spiro atoms. The van der Waals surface area contributed by atoms with Crippen molar-refractivity contribution in [2.24, 2.45) is 11.3 Å². The van der Waals surface area contributed by atoms with E-state index >= 15 is 0 Å². The average Bonchev–Trinajstić information content (AvgIpc) is 3.05. The molecule has 1 aromatic heterocycles. The summed E-state index contributed by atoms with van der Waals surface area (Å²) in [6, 6.07) is 5.78. The molecule has 1 aliphatic heterocycles. The van der Waals surface area contributed by atoms with Crippen molar-refractivity contribution in [3.63, 3.8) is 0 Å². The van der Waals surface area contributed by atoms with Crippen molar-refractivity contribution in [1.29, 1.82) is 0 Å². The SMILES string of the molecule is O=C(Cc1ccccn1)C1CC12CCNCC2. The van der Waals surface area contributed by atoms with Crippen molar-refractivity contribution >= 4 is 5.78 Å². The number of carbonyl (C=O) groups is 1. The topological polar surface area (TPSA) is 42.0 Å². The van der Waals surface area contributed by atoms with Gasteiger partial charge >= 0.3 is 0 Å². The number of nitrogens with zero attached hydrogens (tertiary/aromatic N) is 1. The molecule has 2 heterocycles. The Balaban J connectivity index is 1.61. The number of pyridine rings is 1. The maximum atomic E-state index is 12.2. The summed E-state index contributed by atoms with van der Waals surface area (Å²) in [5.74, 6) is 0.706. The van der Waals surface area contributed by atoms with Crippen LogP contribution in [0, 0.1) is 11.3 Å². The van der Waals surface area contributed by atoms with E-state index in [2.05, 4.69) is 10.3 Å². The highest BCUT2D eigenvalue weighted by molar-refractivity contribution is 5.86. The third-order valence-corrected chi connectivity index (χ3v) is 4.26. The van der Waals surface area contributed by atoms with Gasteiger partial charge in [0.15, 0.2) is 0 Å². The zero-order valence-electron chi connectivity index (χ0n) is 9.98. The van der Waals surface area contributed by atoms with Gasteiger partial charge < -0.3 is 5.32 Å². The van der Waals surface area contributed by atoms with Crippen LogP contribution in [-0.2, 0) is 11.2 Å². The van der Waals surface area contributed by atoms with Gasteiger partial charge in [-0.05, 0) is 49.9 Å². The van der Waals surface area contributed by atoms with Crippen LogP contribution in [0.1, 0.15) is 25.0 Å². The molecule has 1 atom stereocenters. The van der Waals surface area contributed by atoms with Gasteiger partial charge in [0.25, 0.3) is 0 Å². The Hall–Kier alpha value is -1.22. The van der Waals surface area contributed by atoms with Gasteiger partial charge in [-0.1, -0.05) is 6.07 Å². The normalized spacial score (nSPS) is 25.8. The van der Waals surface area contributed by atoms with Crippen molar-refractivity contribution in [3.8, 4) is 0 Å². The number of ketones is 1. The fraction of sp³-hybridized carbons (Fsp3) is 0.571. The first-order chi connectivity index (χ1) is 8.30. The minimum Gasteiger partial charge on any atom is -0.317 e. The molecule has 17 heavy (non-hydrogen) atoms. The van der Waals surface area contributed by atoms with E-state index in [4.69, 9.17) is 0 Å². The van der Waals surface area contributed by atoms with Crippen LogP contribution >= 0.6 is 0 Å². The molecule has 0 bridgehead atoms. The zero-order valence-corrected chi connectivity index (χ0v) is 9.98. The van der Waals surface area contributed by atoms with Crippen molar-refractivity contribution < 1.29 is 4.79 Å². The Morgan fingerprint density at radius 1 is 1.41 bits per heavy atom. The second kappa shape index (κ2) is 4.22. The lowest BCUT2D eigenvalue weighted by Crippen LogP contribution is -2.31. The summed E-state index contributed by atoms with van der Waals surface area (Å²) in [4.78, 5) is 16.4. The second-order valence-corrected chi connectivity index (χ2v) is 5.33. The predicted molar refractivity (Wildman–Crippen MR) is 65.6 cm³/mol. The molecule has 1 saturated heterocycles. The van der Waals surface area contributed by atoms with Crippen LogP contribution in [0.3, 0.4) is 0 Å². The number of hydrogen-bond acceptors (Lipinski definition) is 3. The fourth-order valence-electron chi connectivity index (χ4n) is 3.08. The predicted octanol–water partition coefficient (Wildman–Crippen LogP) is 1.58. The van der Waals surface area contributed by atoms with Gasteiger partial charge in [-0.15, -0.1) is 0 Å². The molecule has 1 aromatic rings. The molecule has 2 fully saturated rings. The largest absolute Gasteiger partial charge is 0.317 e. The molecule has 3 heteroatoms. The van der Waals surface area contributed by atoms with Crippen LogP contribution in [0.15, 0.2) is 24.4 Å². The van der Waals surface area contributed by atoms with Gasteiger partial charge in [0, 0.05) is 24.2 Å². The quantitative estimate of drug-likeness (QED) is 0.857. The molecule has 0 radical (unpaired) electrons. The number of nitrogens with one attached hydrogen (secondary N) is 1. The minimum absolute atomic E-state index is 0.312. The van der Waals surface area contributed by atoms with Crippen molar-refractivity contribution in [2.75, 3.05) is 13.1 Å². The summed E-state index contributed by atoms with van der Waals surface area (Å²) in [5.41, 5.74) is 1.27. The second-order valence-electron chi connectivity index (χ2n) is 5.33. The van der Waals surface area contributed by atoms with E-state index in [1.54, 1.807) is 6.20 Å². The summed E-state index contributed by atoms with van der Waals surface area (Å²) in [7, 11) is 0. The van der Waals surface area contributed by atoms with Crippen LogP contribution in [-0.4, -0.2) is 23.9 Å². The van der Waals surface area contributed by atoms with Crippen LogP contribution in [0.2, 0.25) is 0 Å². The monoisotopic (exact) mass is 230 g/mol. The lowest BCUT2D eigenvalue weighted by Gasteiger charge is -2.23. The number of piperidine rings is 1. The number of aromatic nitrogens is 1. The van der Waals surface area contributed by atoms with Gasteiger partial charge in [-0.2, -0.15) is 0 Å². The highest BCUT2D eigenvalue weighted by Crippen LogP contribution is 2.59. The van der Waals surface area contributed by atoms with Crippen LogP contribution in [0.5, 0.6) is 0 Å². The van der Waals surface area contributed by atoms with E-state index in [-0.39, 0.29) is 0 Å². The molecule has 90 valence electrons. The first-order valence-corrected chi connectivity index (χ1v) is 6.44. The van der Waals surface area contributed by atoms with Crippen molar-refractivity contribution in [1.82, 2.24) is 10.3 Å². The molecule has 0 amide bonds.